The zero-order valence-electron chi connectivity index (χ0n) is 19.9. The molecule has 0 radical (unpaired) electrons. The predicted octanol–water partition coefficient (Wildman–Crippen LogP) is 4.64. The molecule has 1 aliphatic rings. The van der Waals surface area contributed by atoms with Crippen molar-refractivity contribution >= 4 is 11.6 Å². The zero-order chi connectivity index (χ0) is 23.8. The average molecular weight is 458 g/mol. The summed E-state index contributed by atoms with van der Waals surface area (Å²) in [5, 5.41) is 12.7. The smallest absolute Gasteiger partial charge is 0.251 e. The summed E-state index contributed by atoms with van der Waals surface area (Å²) in [4.78, 5) is 17.5. The molecule has 0 aliphatic carbocycles. The highest BCUT2D eigenvalue weighted by molar-refractivity contribution is 5.94. The van der Waals surface area contributed by atoms with E-state index in [9.17, 15) is 9.90 Å². The number of aliphatic hydroxyl groups excluding tert-OH is 1. The normalized spacial score (nSPS) is 15.3. The van der Waals surface area contributed by atoms with Gasteiger partial charge in [-0.2, -0.15) is 0 Å². The van der Waals surface area contributed by atoms with Gasteiger partial charge in [0.2, 0.25) is 0 Å². The van der Waals surface area contributed by atoms with Crippen molar-refractivity contribution in [1.29, 1.82) is 0 Å². The van der Waals surface area contributed by atoms with Crippen molar-refractivity contribution in [1.82, 2.24) is 10.2 Å². The Balaban J connectivity index is 1.31. The summed E-state index contributed by atoms with van der Waals surface area (Å²) in [5.74, 6) is -0.0535. The summed E-state index contributed by atoms with van der Waals surface area (Å²) >= 11 is 0. The number of nitrogens with zero attached hydrogens (tertiary/aromatic N) is 2. The fourth-order valence-corrected chi connectivity index (χ4v) is 4.75. The van der Waals surface area contributed by atoms with Crippen molar-refractivity contribution in [2.45, 2.75) is 38.4 Å². The molecule has 0 saturated carbocycles. The molecular weight excluding hydrogens is 422 g/mol. The number of piperidine rings is 1. The summed E-state index contributed by atoms with van der Waals surface area (Å²) in [6, 6.07) is 28.9. The standard InChI is InChI=1S/C29H35N3O2/c1-23(25-10-6-3-7-11-25)30-29(34)26-12-14-27(15-13-26)31-18-16-28(17-19-31)32(20-21-33)22-24-8-4-2-5-9-24/h2-15,23,28,33H,16-22H2,1H3,(H,30,34)/t23-/m0/s1. The quantitative estimate of drug-likeness (QED) is 0.492. The molecule has 34 heavy (non-hydrogen) atoms. The SMILES string of the molecule is C[C@H](NC(=O)c1ccc(N2CCC(N(CCO)Cc3ccccc3)CC2)cc1)c1ccccc1. The Morgan fingerprint density at radius 3 is 2.21 bits per heavy atom. The van der Waals surface area contributed by atoms with Gasteiger partial charge in [-0.3, -0.25) is 9.69 Å². The van der Waals surface area contributed by atoms with E-state index in [1.807, 2.05) is 55.5 Å². The van der Waals surface area contributed by atoms with Gasteiger partial charge in [-0.1, -0.05) is 60.7 Å². The van der Waals surface area contributed by atoms with E-state index in [1.54, 1.807) is 0 Å². The van der Waals surface area contributed by atoms with Crippen LogP contribution < -0.4 is 10.2 Å². The number of nitrogens with one attached hydrogen (secondary N) is 1. The van der Waals surface area contributed by atoms with Crippen molar-refractivity contribution < 1.29 is 9.90 Å². The van der Waals surface area contributed by atoms with Crippen molar-refractivity contribution in [3.8, 4) is 0 Å². The van der Waals surface area contributed by atoms with Gasteiger partial charge in [-0.05, 0) is 55.2 Å². The van der Waals surface area contributed by atoms with Gasteiger partial charge in [0, 0.05) is 43.5 Å². The zero-order valence-corrected chi connectivity index (χ0v) is 19.9. The third kappa shape index (κ3) is 6.25. The molecule has 2 N–H and O–H groups in total. The number of hydrogen-bond acceptors (Lipinski definition) is 4. The lowest BCUT2D eigenvalue weighted by atomic mass is 10.0. The molecule has 1 aliphatic heterocycles. The molecule has 3 aromatic carbocycles. The molecule has 0 unspecified atom stereocenters. The number of carbonyl (C=O) groups is 1. The van der Waals surface area contributed by atoms with Crippen LogP contribution in [-0.2, 0) is 6.54 Å². The van der Waals surface area contributed by atoms with Crippen LogP contribution in [0.15, 0.2) is 84.9 Å². The molecular formula is C29H35N3O2. The van der Waals surface area contributed by atoms with Gasteiger partial charge in [-0.15, -0.1) is 0 Å². The largest absolute Gasteiger partial charge is 0.395 e. The van der Waals surface area contributed by atoms with Gasteiger partial charge in [0.05, 0.1) is 12.6 Å². The number of amides is 1. The van der Waals surface area contributed by atoms with Gasteiger partial charge < -0.3 is 15.3 Å². The highest BCUT2D eigenvalue weighted by Gasteiger charge is 2.25. The second-order valence-electron chi connectivity index (χ2n) is 9.05. The summed E-state index contributed by atoms with van der Waals surface area (Å²) < 4.78 is 0. The third-order valence-electron chi connectivity index (χ3n) is 6.74. The number of anilines is 1. The first kappa shape index (κ1) is 24.0. The summed E-state index contributed by atoms with van der Waals surface area (Å²) in [5.41, 5.74) is 4.22. The highest BCUT2D eigenvalue weighted by atomic mass is 16.3. The number of rotatable bonds is 9. The first-order valence-electron chi connectivity index (χ1n) is 12.2. The topological polar surface area (TPSA) is 55.8 Å². The lowest BCUT2D eigenvalue weighted by Crippen LogP contribution is -2.45. The van der Waals surface area contributed by atoms with Gasteiger partial charge >= 0.3 is 0 Å². The van der Waals surface area contributed by atoms with E-state index in [2.05, 4.69) is 51.5 Å². The lowest BCUT2D eigenvalue weighted by Gasteiger charge is -2.39. The average Bonchev–Trinajstić information content (AvgIpc) is 2.90. The maximum atomic E-state index is 12.7. The first-order chi connectivity index (χ1) is 16.6. The van der Waals surface area contributed by atoms with Crippen LogP contribution in [-0.4, -0.2) is 48.2 Å². The minimum absolute atomic E-state index is 0.0369. The Labute approximate surface area is 203 Å². The van der Waals surface area contributed by atoms with Crippen molar-refractivity contribution in [2.24, 2.45) is 0 Å². The van der Waals surface area contributed by atoms with Crippen LogP contribution in [0.25, 0.3) is 0 Å². The fraction of sp³-hybridized carbons (Fsp3) is 0.345. The minimum atomic E-state index is -0.0535. The summed E-state index contributed by atoms with van der Waals surface area (Å²) in [6.07, 6.45) is 2.12. The van der Waals surface area contributed by atoms with Gasteiger partial charge in [-0.25, -0.2) is 0 Å². The van der Waals surface area contributed by atoms with E-state index in [-0.39, 0.29) is 18.6 Å². The van der Waals surface area contributed by atoms with Crippen LogP contribution in [0, 0.1) is 0 Å². The van der Waals surface area contributed by atoms with Crippen LogP contribution in [0.5, 0.6) is 0 Å². The van der Waals surface area contributed by atoms with Gasteiger partial charge in [0.1, 0.15) is 0 Å². The monoisotopic (exact) mass is 457 g/mol. The molecule has 1 fully saturated rings. The van der Waals surface area contributed by atoms with Crippen LogP contribution in [0.3, 0.4) is 0 Å². The van der Waals surface area contributed by atoms with Crippen LogP contribution in [0.1, 0.15) is 47.3 Å². The molecule has 5 heteroatoms. The van der Waals surface area contributed by atoms with Crippen molar-refractivity contribution in [3.05, 3.63) is 102 Å². The predicted molar refractivity (Wildman–Crippen MR) is 138 cm³/mol. The Bertz CT molecular complexity index is 1020. The summed E-state index contributed by atoms with van der Waals surface area (Å²) in [7, 11) is 0. The molecule has 5 nitrogen and oxygen atoms in total. The Morgan fingerprint density at radius 2 is 1.59 bits per heavy atom. The molecule has 3 aromatic rings. The van der Waals surface area contributed by atoms with E-state index in [1.165, 1.54) is 5.56 Å². The minimum Gasteiger partial charge on any atom is -0.395 e. The van der Waals surface area contributed by atoms with Crippen molar-refractivity contribution in [2.75, 3.05) is 31.1 Å². The molecule has 1 amide bonds. The molecule has 1 atom stereocenters. The van der Waals surface area contributed by atoms with E-state index in [0.717, 1.165) is 43.7 Å². The Morgan fingerprint density at radius 1 is 0.971 bits per heavy atom. The van der Waals surface area contributed by atoms with Crippen LogP contribution in [0.2, 0.25) is 0 Å². The molecule has 4 rings (SSSR count). The molecule has 0 bridgehead atoms. The highest BCUT2D eigenvalue weighted by Crippen LogP contribution is 2.24. The molecule has 1 saturated heterocycles. The fourth-order valence-electron chi connectivity index (χ4n) is 4.75. The third-order valence-corrected chi connectivity index (χ3v) is 6.74. The number of aliphatic hydroxyl groups is 1. The number of hydrogen-bond donors (Lipinski definition) is 2. The summed E-state index contributed by atoms with van der Waals surface area (Å²) in [6.45, 7) is 5.70. The molecule has 0 spiro atoms. The van der Waals surface area contributed by atoms with E-state index >= 15 is 0 Å². The second-order valence-corrected chi connectivity index (χ2v) is 9.05. The molecule has 0 aromatic heterocycles. The Kier molecular flexibility index (Phi) is 8.34. The van der Waals surface area contributed by atoms with E-state index in [0.29, 0.717) is 18.2 Å². The molecule has 178 valence electrons. The van der Waals surface area contributed by atoms with Crippen molar-refractivity contribution in [3.63, 3.8) is 0 Å². The van der Waals surface area contributed by atoms with Crippen LogP contribution in [0.4, 0.5) is 5.69 Å². The Hall–Kier alpha value is -3.15. The molecule has 1 heterocycles. The maximum absolute atomic E-state index is 12.7. The van der Waals surface area contributed by atoms with Gasteiger partial charge in [0.15, 0.2) is 0 Å². The van der Waals surface area contributed by atoms with Crippen LogP contribution >= 0.6 is 0 Å². The second kappa shape index (κ2) is 11.8. The number of benzene rings is 3. The lowest BCUT2D eigenvalue weighted by molar-refractivity contribution is 0.0940. The van der Waals surface area contributed by atoms with E-state index < -0.39 is 0 Å². The van der Waals surface area contributed by atoms with E-state index in [4.69, 9.17) is 0 Å². The van der Waals surface area contributed by atoms with Gasteiger partial charge in [0.25, 0.3) is 5.91 Å². The first-order valence-corrected chi connectivity index (χ1v) is 12.2. The maximum Gasteiger partial charge on any atom is 0.251 e. The number of carbonyl (C=O) groups excluding carboxylic acids is 1.